The lowest BCUT2D eigenvalue weighted by Gasteiger charge is -2.17. The van der Waals surface area contributed by atoms with E-state index in [1.165, 1.54) is 6.07 Å². The van der Waals surface area contributed by atoms with E-state index in [1.807, 2.05) is 0 Å². The summed E-state index contributed by atoms with van der Waals surface area (Å²) in [4.78, 5) is 0. The van der Waals surface area contributed by atoms with Crippen molar-refractivity contribution in [3.8, 4) is 11.5 Å². The molecule has 1 aliphatic heterocycles. The fourth-order valence-electron chi connectivity index (χ4n) is 0.982. The highest BCUT2D eigenvalue weighted by Gasteiger charge is 2.14. The van der Waals surface area contributed by atoms with Crippen LogP contribution >= 0.6 is 0 Å². The summed E-state index contributed by atoms with van der Waals surface area (Å²) in [6.45, 7) is 0.775. The zero-order chi connectivity index (χ0) is 8.55. The lowest BCUT2D eigenvalue weighted by Crippen LogP contribution is -2.16. The van der Waals surface area contributed by atoms with Crippen molar-refractivity contribution in [1.82, 2.24) is 0 Å². The molecule has 0 saturated carbocycles. The number of para-hydroxylation sites is 1. The van der Waals surface area contributed by atoms with Crippen LogP contribution in [0.3, 0.4) is 0 Å². The Morgan fingerprint density at radius 3 is 3.09 bits per heavy atom. The van der Waals surface area contributed by atoms with E-state index < -0.39 is 5.82 Å². The summed E-state index contributed by atoms with van der Waals surface area (Å²) in [5, 5.41) is 0. The second-order valence-corrected chi connectivity index (χ2v) is 2.19. The summed E-state index contributed by atoms with van der Waals surface area (Å²) in [5.41, 5.74) is 0. The molecule has 2 rings (SSSR count). The molecule has 0 unspecified atom stereocenters. The van der Waals surface area contributed by atoms with Crippen molar-refractivity contribution in [2.45, 2.75) is 0 Å². The van der Waals surface area contributed by atoms with Crippen molar-refractivity contribution in [2.75, 3.05) is 13.2 Å². The molecule has 0 atom stereocenters. The van der Waals surface area contributed by atoms with Gasteiger partial charge in [0.2, 0.25) is 0 Å². The molecule has 0 amide bonds. The Balaban J connectivity index is 2.53. The Labute approximate surface area is 65.0 Å². The lowest BCUT2D eigenvalue weighted by molar-refractivity contribution is 0.164. The maximum atomic E-state index is 13.0. The van der Waals surface area contributed by atoms with Gasteiger partial charge >= 0.3 is 0 Å². The average Bonchev–Trinajstić information content (AvgIpc) is 2.04. The summed E-state index contributed by atoms with van der Waals surface area (Å²) in [6.07, 6.45) is 0. The van der Waals surface area contributed by atoms with E-state index in [-0.39, 0.29) is 11.8 Å². The van der Waals surface area contributed by atoms with Gasteiger partial charge in [-0.25, -0.2) is 4.39 Å². The van der Waals surface area contributed by atoms with Gasteiger partial charge in [-0.15, -0.1) is 0 Å². The zero-order valence-corrected chi connectivity index (χ0v) is 5.76. The molecular weight excluding hydrogens is 147 g/mol. The van der Waals surface area contributed by atoms with E-state index in [2.05, 4.69) is 0 Å². The van der Waals surface area contributed by atoms with Crippen molar-refractivity contribution in [3.63, 3.8) is 0 Å². The van der Waals surface area contributed by atoms with Gasteiger partial charge in [0.05, 0.1) is 1.37 Å². The molecule has 0 saturated heterocycles. The second-order valence-electron chi connectivity index (χ2n) is 2.19. The zero-order valence-electron chi connectivity index (χ0n) is 6.76. The summed E-state index contributed by atoms with van der Waals surface area (Å²) in [6, 6.07) is 2.64. The molecule has 2 nitrogen and oxygen atoms in total. The molecule has 0 radical (unpaired) electrons. The summed E-state index contributed by atoms with van der Waals surface area (Å²) in [5.74, 6) is -0.0827. The predicted octanol–water partition coefficient (Wildman–Crippen LogP) is 1.60. The van der Waals surface area contributed by atoms with Crippen molar-refractivity contribution >= 4 is 0 Å². The molecule has 0 spiro atoms. The van der Waals surface area contributed by atoms with Crippen LogP contribution in [-0.2, 0) is 0 Å². The average molecular weight is 155 g/mol. The smallest absolute Gasteiger partial charge is 0.197 e. The Morgan fingerprint density at radius 1 is 1.36 bits per heavy atom. The molecule has 3 heteroatoms. The summed E-state index contributed by atoms with van der Waals surface area (Å²) < 4.78 is 30.3. The molecule has 58 valence electrons. The highest BCUT2D eigenvalue weighted by atomic mass is 19.1. The molecule has 11 heavy (non-hydrogen) atoms. The molecule has 0 N–H and O–H groups in total. The fourth-order valence-corrected chi connectivity index (χ4v) is 0.982. The van der Waals surface area contributed by atoms with Crippen LogP contribution in [0.1, 0.15) is 1.37 Å². The quantitative estimate of drug-likeness (QED) is 0.566. The minimum Gasteiger partial charge on any atom is -0.486 e. The third-order valence-electron chi connectivity index (χ3n) is 1.45. The van der Waals surface area contributed by atoms with Gasteiger partial charge in [0.25, 0.3) is 0 Å². The predicted molar refractivity (Wildman–Crippen MR) is 37.4 cm³/mol. The molecule has 0 bridgehead atoms. The van der Waals surface area contributed by atoms with Gasteiger partial charge in [-0.1, -0.05) is 6.04 Å². The number of fused-ring (bicyclic) bond motifs is 1. The van der Waals surface area contributed by atoms with Gasteiger partial charge in [0.1, 0.15) is 13.2 Å². The number of hydrogen-bond acceptors (Lipinski definition) is 2. The molecule has 0 aromatic heterocycles. The van der Waals surface area contributed by atoms with Crippen LogP contribution in [0.15, 0.2) is 18.2 Å². The van der Waals surface area contributed by atoms with Crippen molar-refractivity contribution in [3.05, 3.63) is 24.0 Å². The molecule has 0 fully saturated rings. The van der Waals surface area contributed by atoms with Crippen LogP contribution in [0.4, 0.5) is 4.39 Å². The Morgan fingerprint density at radius 2 is 2.18 bits per heavy atom. The number of benzene rings is 1. The SMILES string of the molecule is [2H]c1cc(F)c2c(c1)OCCO2. The summed E-state index contributed by atoms with van der Waals surface area (Å²) >= 11 is 0. The van der Waals surface area contributed by atoms with Gasteiger partial charge in [-0.05, 0) is 12.1 Å². The third-order valence-corrected chi connectivity index (χ3v) is 1.45. The normalized spacial score (nSPS) is 15.9. The molecule has 1 aromatic carbocycles. The third kappa shape index (κ3) is 1.02. The highest BCUT2D eigenvalue weighted by molar-refractivity contribution is 5.41. The first kappa shape index (κ1) is 5.41. The first-order valence-corrected chi connectivity index (χ1v) is 3.33. The highest BCUT2D eigenvalue weighted by Crippen LogP contribution is 2.31. The maximum Gasteiger partial charge on any atom is 0.197 e. The van der Waals surface area contributed by atoms with E-state index in [0.29, 0.717) is 19.0 Å². The van der Waals surface area contributed by atoms with Crippen LogP contribution in [0.2, 0.25) is 0 Å². The van der Waals surface area contributed by atoms with E-state index >= 15 is 0 Å². The monoisotopic (exact) mass is 155 g/mol. The topological polar surface area (TPSA) is 18.5 Å². The van der Waals surface area contributed by atoms with Crippen molar-refractivity contribution < 1.29 is 15.2 Å². The molecule has 1 heterocycles. The van der Waals surface area contributed by atoms with Gasteiger partial charge in [0.15, 0.2) is 17.3 Å². The number of rotatable bonds is 0. The van der Waals surface area contributed by atoms with Crippen LogP contribution in [0.25, 0.3) is 0 Å². The van der Waals surface area contributed by atoms with Crippen molar-refractivity contribution in [1.29, 1.82) is 0 Å². The first-order chi connectivity index (χ1) is 5.77. The molecular formula is C8H7FO2. The maximum absolute atomic E-state index is 13.0. The van der Waals surface area contributed by atoms with E-state index in [1.54, 1.807) is 0 Å². The van der Waals surface area contributed by atoms with Crippen molar-refractivity contribution in [2.24, 2.45) is 0 Å². The lowest BCUT2D eigenvalue weighted by atomic mass is 10.3. The van der Waals surface area contributed by atoms with E-state index in [0.717, 1.165) is 6.07 Å². The first-order valence-electron chi connectivity index (χ1n) is 3.83. The standard InChI is InChI=1S/C8H7FO2/c9-6-2-1-3-7-8(6)11-5-4-10-7/h1-3H,4-5H2/i1D. The second kappa shape index (κ2) is 2.42. The van der Waals surface area contributed by atoms with Gasteiger partial charge in [-0.2, -0.15) is 0 Å². The van der Waals surface area contributed by atoms with Gasteiger partial charge in [0, 0.05) is 0 Å². The van der Waals surface area contributed by atoms with Crippen LogP contribution < -0.4 is 9.47 Å². The fraction of sp³-hybridized carbons (Fsp3) is 0.250. The van der Waals surface area contributed by atoms with Crippen LogP contribution in [0.5, 0.6) is 11.5 Å². The molecule has 1 aromatic rings. The Kier molecular flexibility index (Phi) is 1.19. The molecule has 1 aliphatic rings. The summed E-state index contributed by atoms with van der Waals surface area (Å²) in [7, 11) is 0. The Hall–Kier alpha value is -1.25. The van der Waals surface area contributed by atoms with Crippen LogP contribution in [-0.4, -0.2) is 13.2 Å². The van der Waals surface area contributed by atoms with E-state index in [4.69, 9.17) is 10.8 Å². The molecule has 0 aliphatic carbocycles. The minimum absolute atomic E-state index is 0.0942. The Bertz CT molecular complexity index is 314. The van der Waals surface area contributed by atoms with Gasteiger partial charge in [-0.3, -0.25) is 0 Å². The largest absolute Gasteiger partial charge is 0.486 e. The minimum atomic E-state index is -0.530. The number of ether oxygens (including phenoxy) is 2. The van der Waals surface area contributed by atoms with Gasteiger partial charge < -0.3 is 9.47 Å². The van der Waals surface area contributed by atoms with Crippen LogP contribution in [0, 0.1) is 5.82 Å². The number of hydrogen-bond donors (Lipinski definition) is 0. The number of halogens is 1. The van der Waals surface area contributed by atoms with E-state index in [9.17, 15) is 4.39 Å².